The van der Waals surface area contributed by atoms with Crippen molar-refractivity contribution in [1.29, 1.82) is 0 Å². The Labute approximate surface area is 163 Å². The Kier molecular flexibility index (Phi) is 8.98. The van der Waals surface area contributed by atoms with Crippen LogP contribution in [0.5, 0.6) is 5.75 Å². The van der Waals surface area contributed by atoms with Gasteiger partial charge in [-0.2, -0.15) is 12.7 Å². The normalized spacial score (nSPS) is 17.2. The monoisotopic (exact) mass is 399 g/mol. The molecule has 1 fully saturated rings. The molecule has 1 saturated heterocycles. The Balaban J connectivity index is 2.15. The standard InChI is InChI=1S/C19H33N3O4S/c1-4-10-22(11-5-2)27(23,24)20-16-19(21-12-14-26-15-13-21)17-6-8-18(25-3)9-7-17/h6-9,19-20H,4-5,10-16H2,1-3H3. The number of rotatable bonds is 11. The lowest BCUT2D eigenvalue weighted by atomic mass is 10.0. The van der Waals surface area contributed by atoms with Gasteiger partial charge in [0.1, 0.15) is 5.75 Å². The second-order valence-corrected chi connectivity index (χ2v) is 8.45. The van der Waals surface area contributed by atoms with E-state index < -0.39 is 10.2 Å². The Bertz CT molecular complexity index is 639. The first-order valence-electron chi connectivity index (χ1n) is 9.72. The first-order chi connectivity index (χ1) is 13.0. The third-order valence-electron chi connectivity index (χ3n) is 4.73. The maximum absolute atomic E-state index is 12.8. The fraction of sp³-hybridized carbons (Fsp3) is 0.684. The third kappa shape index (κ3) is 6.43. The zero-order valence-corrected chi connectivity index (χ0v) is 17.5. The number of nitrogens with one attached hydrogen (secondary N) is 1. The molecular weight excluding hydrogens is 366 g/mol. The summed E-state index contributed by atoms with van der Waals surface area (Å²) < 4.78 is 40.6. The zero-order valence-electron chi connectivity index (χ0n) is 16.7. The summed E-state index contributed by atoms with van der Waals surface area (Å²) in [6, 6.07) is 7.79. The second kappa shape index (κ2) is 11.0. The minimum Gasteiger partial charge on any atom is -0.497 e. The molecule has 0 aliphatic carbocycles. The van der Waals surface area contributed by atoms with Crippen LogP contribution in [-0.4, -0.2) is 70.7 Å². The lowest BCUT2D eigenvalue weighted by molar-refractivity contribution is 0.0171. The quantitative estimate of drug-likeness (QED) is 0.616. The number of morpholine rings is 1. The number of hydrogen-bond acceptors (Lipinski definition) is 5. The smallest absolute Gasteiger partial charge is 0.279 e. The highest BCUT2D eigenvalue weighted by Gasteiger charge is 2.26. The van der Waals surface area contributed by atoms with Crippen molar-refractivity contribution in [3.8, 4) is 5.75 Å². The molecule has 0 aromatic heterocycles. The van der Waals surface area contributed by atoms with E-state index >= 15 is 0 Å². The van der Waals surface area contributed by atoms with E-state index in [9.17, 15) is 8.42 Å². The molecule has 0 bridgehead atoms. The molecule has 8 heteroatoms. The minimum atomic E-state index is -3.50. The number of hydrogen-bond donors (Lipinski definition) is 1. The van der Waals surface area contributed by atoms with Crippen molar-refractivity contribution >= 4 is 10.2 Å². The molecule has 0 saturated carbocycles. The minimum absolute atomic E-state index is 0.0420. The van der Waals surface area contributed by atoms with Crippen molar-refractivity contribution in [2.24, 2.45) is 0 Å². The van der Waals surface area contributed by atoms with Crippen LogP contribution in [0.2, 0.25) is 0 Å². The van der Waals surface area contributed by atoms with Crippen molar-refractivity contribution in [3.05, 3.63) is 29.8 Å². The van der Waals surface area contributed by atoms with Crippen LogP contribution in [0.25, 0.3) is 0 Å². The van der Waals surface area contributed by atoms with Gasteiger partial charge in [-0.25, -0.2) is 4.72 Å². The first kappa shape index (κ1) is 22.1. The van der Waals surface area contributed by atoms with Crippen LogP contribution < -0.4 is 9.46 Å². The van der Waals surface area contributed by atoms with E-state index in [0.717, 1.165) is 37.2 Å². The summed E-state index contributed by atoms with van der Waals surface area (Å²) in [7, 11) is -1.86. The maximum Gasteiger partial charge on any atom is 0.279 e. The van der Waals surface area contributed by atoms with Crippen LogP contribution >= 0.6 is 0 Å². The number of ether oxygens (including phenoxy) is 2. The molecule has 0 spiro atoms. The van der Waals surface area contributed by atoms with Crippen molar-refractivity contribution in [3.63, 3.8) is 0 Å². The molecule has 2 rings (SSSR count). The Morgan fingerprint density at radius 1 is 1.15 bits per heavy atom. The topological polar surface area (TPSA) is 71.1 Å². The van der Waals surface area contributed by atoms with Gasteiger partial charge in [-0.05, 0) is 30.5 Å². The van der Waals surface area contributed by atoms with Gasteiger partial charge in [0, 0.05) is 38.8 Å². The highest BCUT2D eigenvalue weighted by Crippen LogP contribution is 2.24. The molecule has 1 N–H and O–H groups in total. The summed E-state index contributed by atoms with van der Waals surface area (Å²) in [5.74, 6) is 0.789. The third-order valence-corrected chi connectivity index (χ3v) is 6.31. The van der Waals surface area contributed by atoms with Gasteiger partial charge in [-0.1, -0.05) is 26.0 Å². The molecule has 1 aromatic rings. The summed E-state index contributed by atoms with van der Waals surface area (Å²) in [5, 5.41) is 0. The van der Waals surface area contributed by atoms with Gasteiger partial charge < -0.3 is 9.47 Å². The molecule has 27 heavy (non-hydrogen) atoms. The highest BCUT2D eigenvalue weighted by molar-refractivity contribution is 7.87. The van der Waals surface area contributed by atoms with E-state index in [2.05, 4.69) is 9.62 Å². The average Bonchev–Trinajstić information content (AvgIpc) is 2.69. The van der Waals surface area contributed by atoms with Crippen molar-refractivity contribution in [2.45, 2.75) is 32.7 Å². The molecule has 0 radical (unpaired) electrons. The van der Waals surface area contributed by atoms with Gasteiger partial charge in [0.25, 0.3) is 10.2 Å². The summed E-state index contributed by atoms with van der Waals surface area (Å²) in [6.07, 6.45) is 1.60. The molecular formula is C19H33N3O4S. The SMILES string of the molecule is CCCN(CCC)S(=O)(=O)NCC(c1ccc(OC)cc1)N1CCOCC1. The Hall–Kier alpha value is -1.19. The summed E-state index contributed by atoms with van der Waals surface area (Å²) in [6.45, 7) is 8.28. The van der Waals surface area contributed by atoms with E-state index in [1.165, 1.54) is 4.31 Å². The van der Waals surface area contributed by atoms with E-state index in [4.69, 9.17) is 9.47 Å². The van der Waals surface area contributed by atoms with Crippen molar-refractivity contribution in [1.82, 2.24) is 13.9 Å². The maximum atomic E-state index is 12.8. The molecule has 1 aliphatic heterocycles. The molecule has 0 amide bonds. The van der Waals surface area contributed by atoms with Gasteiger partial charge >= 0.3 is 0 Å². The van der Waals surface area contributed by atoms with Gasteiger partial charge in [-0.15, -0.1) is 0 Å². The lowest BCUT2D eigenvalue weighted by Gasteiger charge is -2.35. The Morgan fingerprint density at radius 3 is 2.26 bits per heavy atom. The molecule has 7 nitrogen and oxygen atoms in total. The summed E-state index contributed by atoms with van der Waals surface area (Å²) in [5.41, 5.74) is 1.07. The number of methoxy groups -OCH3 is 1. The molecule has 1 aromatic carbocycles. The largest absolute Gasteiger partial charge is 0.497 e. The van der Waals surface area contributed by atoms with E-state index in [1.54, 1.807) is 7.11 Å². The van der Waals surface area contributed by atoms with E-state index in [0.29, 0.717) is 32.8 Å². The second-order valence-electron chi connectivity index (χ2n) is 6.69. The van der Waals surface area contributed by atoms with Crippen LogP contribution in [0.15, 0.2) is 24.3 Å². The molecule has 1 aliphatic rings. The Morgan fingerprint density at radius 2 is 1.74 bits per heavy atom. The number of nitrogens with zero attached hydrogens (tertiary/aromatic N) is 2. The average molecular weight is 400 g/mol. The van der Waals surface area contributed by atoms with Gasteiger partial charge in [0.2, 0.25) is 0 Å². The molecule has 154 valence electrons. The van der Waals surface area contributed by atoms with Crippen molar-refractivity contribution in [2.75, 3.05) is 53.0 Å². The first-order valence-corrected chi connectivity index (χ1v) is 11.2. The fourth-order valence-corrected chi connectivity index (χ4v) is 4.70. The van der Waals surface area contributed by atoms with Crippen LogP contribution in [0.4, 0.5) is 0 Å². The van der Waals surface area contributed by atoms with E-state index in [-0.39, 0.29) is 6.04 Å². The van der Waals surface area contributed by atoms with Crippen LogP contribution in [0.3, 0.4) is 0 Å². The van der Waals surface area contributed by atoms with Crippen molar-refractivity contribution < 1.29 is 17.9 Å². The molecule has 1 atom stereocenters. The highest BCUT2D eigenvalue weighted by atomic mass is 32.2. The summed E-state index contributed by atoms with van der Waals surface area (Å²) in [4.78, 5) is 2.28. The van der Waals surface area contributed by atoms with E-state index in [1.807, 2.05) is 38.1 Å². The summed E-state index contributed by atoms with van der Waals surface area (Å²) >= 11 is 0. The van der Waals surface area contributed by atoms with Crippen LogP contribution in [0, 0.1) is 0 Å². The zero-order chi connectivity index (χ0) is 19.7. The molecule has 1 unspecified atom stereocenters. The predicted molar refractivity (Wildman–Crippen MR) is 107 cm³/mol. The number of benzene rings is 1. The van der Waals surface area contributed by atoms with Crippen LogP contribution in [-0.2, 0) is 14.9 Å². The van der Waals surface area contributed by atoms with Gasteiger partial charge in [-0.3, -0.25) is 4.90 Å². The molecule has 1 heterocycles. The van der Waals surface area contributed by atoms with Gasteiger partial charge in [0.15, 0.2) is 0 Å². The van der Waals surface area contributed by atoms with Crippen LogP contribution in [0.1, 0.15) is 38.3 Å². The van der Waals surface area contributed by atoms with Gasteiger partial charge in [0.05, 0.1) is 20.3 Å². The fourth-order valence-electron chi connectivity index (χ4n) is 3.30. The predicted octanol–water partition coefficient (Wildman–Crippen LogP) is 2.02. The lowest BCUT2D eigenvalue weighted by Crippen LogP contribution is -2.47.